The minimum Gasteiger partial charge on any atom is -0.444 e. The summed E-state index contributed by atoms with van der Waals surface area (Å²) in [7, 11) is 3.21. The number of carbonyl (C=O) groups is 3. The Hall–Kier alpha value is -3.15. The van der Waals surface area contributed by atoms with Crippen molar-refractivity contribution in [3.8, 4) is 0 Å². The third-order valence-corrected chi connectivity index (χ3v) is 3.43. The van der Waals surface area contributed by atoms with E-state index in [1.807, 2.05) is 6.07 Å². The maximum Gasteiger partial charge on any atom is 0.339 e. The van der Waals surface area contributed by atoms with Crippen LogP contribution in [0.25, 0.3) is 0 Å². The predicted molar refractivity (Wildman–Crippen MR) is 94.0 cm³/mol. The normalized spacial score (nSPS) is 11.3. The van der Waals surface area contributed by atoms with Gasteiger partial charge < -0.3 is 15.0 Å². The molecule has 2 aromatic rings. The standard InChI is InChI=1S/C19H20N2O4/c1-13(22)20-16-11-9-15(10-12-16)19(24)25-17(18(23)21(2)3)14-7-5-4-6-8-14/h4-12,17H,1-3H3,(H,20,22)/t17-/m1/s1. The topological polar surface area (TPSA) is 75.7 Å². The summed E-state index contributed by atoms with van der Waals surface area (Å²) in [6, 6.07) is 15.1. The van der Waals surface area contributed by atoms with Crippen molar-refractivity contribution in [1.82, 2.24) is 4.90 Å². The molecule has 2 aromatic carbocycles. The fraction of sp³-hybridized carbons (Fsp3) is 0.211. The van der Waals surface area contributed by atoms with E-state index >= 15 is 0 Å². The lowest BCUT2D eigenvalue weighted by atomic mass is 10.1. The van der Waals surface area contributed by atoms with Crippen LogP contribution in [0.15, 0.2) is 54.6 Å². The zero-order valence-corrected chi connectivity index (χ0v) is 14.4. The Morgan fingerprint density at radius 2 is 1.56 bits per heavy atom. The first-order valence-electron chi connectivity index (χ1n) is 7.73. The molecule has 0 radical (unpaired) electrons. The largest absolute Gasteiger partial charge is 0.444 e. The van der Waals surface area contributed by atoms with Crippen LogP contribution in [-0.2, 0) is 14.3 Å². The molecule has 0 aliphatic carbocycles. The van der Waals surface area contributed by atoms with Crippen LogP contribution in [0.2, 0.25) is 0 Å². The summed E-state index contributed by atoms with van der Waals surface area (Å²) >= 11 is 0. The van der Waals surface area contributed by atoms with Crippen molar-refractivity contribution in [2.45, 2.75) is 13.0 Å². The minimum atomic E-state index is -1.02. The van der Waals surface area contributed by atoms with Crippen LogP contribution < -0.4 is 5.32 Å². The summed E-state index contributed by atoms with van der Waals surface area (Å²) in [5, 5.41) is 2.62. The monoisotopic (exact) mass is 340 g/mol. The van der Waals surface area contributed by atoms with Crippen molar-refractivity contribution in [2.75, 3.05) is 19.4 Å². The van der Waals surface area contributed by atoms with Crippen LogP contribution in [0.5, 0.6) is 0 Å². The molecule has 0 saturated heterocycles. The van der Waals surface area contributed by atoms with Crippen LogP contribution in [0.4, 0.5) is 5.69 Å². The van der Waals surface area contributed by atoms with Crippen LogP contribution in [0.1, 0.15) is 28.9 Å². The number of benzene rings is 2. The van der Waals surface area contributed by atoms with Crippen LogP contribution in [-0.4, -0.2) is 36.8 Å². The summed E-state index contributed by atoms with van der Waals surface area (Å²) in [6.07, 6.45) is -1.02. The maximum atomic E-state index is 12.4. The van der Waals surface area contributed by atoms with E-state index in [2.05, 4.69) is 5.32 Å². The SMILES string of the molecule is CC(=O)Nc1ccc(C(=O)O[C@@H](C(=O)N(C)C)c2ccccc2)cc1. The summed E-state index contributed by atoms with van der Waals surface area (Å²) in [5.41, 5.74) is 1.47. The van der Waals surface area contributed by atoms with Gasteiger partial charge in [-0.2, -0.15) is 0 Å². The van der Waals surface area contributed by atoms with Crippen molar-refractivity contribution < 1.29 is 19.1 Å². The molecule has 0 heterocycles. The summed E-state index contributed by atoms with van der Waals surface area (Å²) in [6.45, 7) is 1.40. The van der Waals surface area contributed by atoms with Gasteiger partial charge >= 0.3 is 5.97 Å². The number of esters is 1. The molecule has 0 unspecified atom stereocenters. The number of nitrogens with zero attached hydrogens (tertiary/aromatic N) is 1. The fourth-order valence-corrected chi connectivity index (χ4v) is 2.19. The van der Waals surface area contributed by atoms with Crippen molar-refractivity contribution in [2.24, 2.45) is 0 Å². The quantitative estimate of drug-likeness (QED) is 0.849. The Labute approximate surface area is 146 Å². The number of likely N-dealkylation sites (N-methyl/N-ethyl adjacent to an activating group) is 1. The molecule has 6 nitrogen and oxygen atoms in total. The number of hydrogen-bond donors (Lipinski definition) is 1. The first-order chi connectivity index (χ1) is 11.9. The van der Waals surface area contributed by atoms with E-state index in [9.17, 15) is 14.4 Å². The third kappa shape index (κ3) is 4.91. The second-order valence-electron chi connectivity index (χ2n) is 5.69. The second-order valence-corrected chi connectivity index (χ2v) is 5.69. The number of rotatable bonds is 5. The average molecular weight is 340 g/mol. The highest BCUT2D eigenvalue weighted by molar-refractivity contribution is 5.94. The number of carbonyl (C=O) groups excluding carboxylic acids is 3. The van der Waals surface area contributed by atoms with Gasteiger partial charge in [-0.25, -0.2) is 4.79 Å². The molecule has 0 bridgehead atoms. The van der Waals surface area contributed by atoms with Crippen LogP contribution >= 0.6 is 0 Å². The molecule has 0 fully saturated rings. The molecule has 0 spiro atoms. The molecule has 2 rings (SSSR count). The smallest absolute Gasteiger partial charge is 0.339 e. The zero-order valence-electron chi connectivity index (χ0n) is 14.4. The molecule has 6 heteroatoms. The lowest BCUT2D eigenvalue weighted by Crippen LogP contribution is -2.31. The van der Waals surface area contributed by atoms with E-state index in [-0.39, 0.29) is 11.8 Å². The summed E-state index contributed by atoms with van der Waals surface area (Å²) < 4.78 is 5.45. The Morgan fingerprint density at radius 1 is 0.960 bits per heavy atom. The maximum absolute atomic E-state index is 12.4. The van der Waals surface area contributed by atoms with E-state index in [4.69, 9.17) is 4.74 Å². The summed E-state index contributed by atoms with van der Waals surface area (Å²) in [5.74, 6) is -1.14. The Balaban J connectivity index is 2.19. The van der Waals surface area contributed by atoms with Gasteiger partial charge in [0, 0.05) is 32.3 Å². The van der Waals surface area contributed by atoms with Gasteiger partial charge in [-0.05, 0) is 24.3 Å². The molecule has 0 aliphatic rings. The first-order valence-corrected chi connectivity index (χ1v) is 7.73. The summed E-state index contributed by atoms with van der Waals surface area (Å²) in [4.78, 5) is 37.2. The number of nitrogens with one attached hydrogen (secondary N) is 1. The molecule has 1 atom stereocenters. The molecule has 2 amide bonds. The Kier molecular flexibility index (Phi) is 5.89. The molecule has 0 aromatic heterocycles. The lowest BCUT2D eigenvalue weighted by Gasteiger charge is -2.21. The van der Waals surface area contributed by atoms with Crippen molar-refractivity contribution in [1.29, 1.82) is 0 Å². The molecule has 130 valence electrons. The molecular formula is C19H20N2O4. The van der Waals surface area contributed by atoms with E-state index < -0.39 is 12.1 Å². The van der Waals surface area contributed by atoms with Crippen LogP contribution in [0.3, 0.4) is 0 Å². The molecule has 0 saturated carbocycles. The molecule has 1 N–H and O–H groups in total. The van der Waals surface area contributed by atoms with Gasteiger partial charge in [0.1, 0.15) is 0 Å². The van der Waals surface area contributed by atoms with E-state index in [0.29, 0.717) is 16.8 Å². The van der Waals surface area contributed by atoms with Crippen LogP contribution in [0, 0.1) is 0 Å². The van der Waals surface area contributed by atoms with Gasteiger partial charge in [-0.1, -0.05) is 30.3 Å². The highest BCUT2D eigenvalue weighted by Gasteiger charge is 2.26. The molecular weight excluding hydrogens is 320 g/mol. The van der Waals surface area contributed by atoms with E-state index in [1.54, 1.807) is 50.5 Å². The van der Waals surface area contributed by atoms with Crippen molar-refractivity contribution >= 4 is 23.5 Å². The second kappa shape index (κ2) is 8.10. The number of anilines is 1. The number of amides is 2. The highest BCUT2D eigenvalue weighted by Crippen LogP contribution is 2.21. The van der Waals surface area contributed by atoms with Crippen molar-refractivity contribution in [3.63, 3.8) is 0 Å². The minimum absolute atomic E-state index is 0.198. The van der Waals surface area contributed by atoms with Gasteiger partial charge in [-0.15, -0.1) is 0 Å². The number of ether oxygens (including phenoxy) is 1. The third-order valence-electron chi connectivity index (χ3n) is 3.43. The van der Waals surface area contributed by atoms with Gasteiger partial charge in [0.25, 0.3) is 5.91 Å². The number of hydrogen-bond acceptors (Lipinski definition) is 4. The molecule has 0 aliphatic heterocycles. The van der Waals surface area contributed by atoms with Gasteiger partial charge in [-0.3, -0.25) is 9.59 Å². The highest BCUT2D eigenvalue weighted by atomic mass is 16.5. The van der Waals surface area contributed by atoms with E-state index in [0.717, 1.165) is 0 Å². The predicted octanol–water partition coefficient (Wildman–Crippen LogP) is 2.63. The first kappa shape index (κ1) is 18.2. The van der Waals surface area contributed by atoms with Gasteiger partial charge in [0.2, 0.25) is 12.0 Å². The van der Waals surface area contributed by atoms with Gasteiger partial charge in [0.05, 0.1) is 5.56 Å². The zero-order chi connectivity index (χ0) is 18.4. The lowest BCUT2D eigenvalue weighted by molar-refractivity contribution is -0.138. The molecule has 25 heavy (non-hydrogen) atoms. The van der Waals surface area contributed by atoms with Gasteiger partial charge in [0.15, 0.2) is 0 Å². The van der Waals surface area contributed by atoms with E-state index in [1.165, 1.54) is 24.0 Å². The fourth-order valence-electron chi connectivity index (χ4n) is 2.19. The Bertz CT molecular complexity index is 755. The van der Waals surface area contributed by atoms with Crippen molar-refractivity contribution in [3.05, 3.63) is 65.7 Å². The average Bonchev–Trinajstić information content (AvgIpc) is 2.59. The Morgan fingerprint density at radius 3 is 2.08 bits per heavy atom.